The Kier molecular flexibility index (Phi) is 6.75. The molecule has 0 radical (unpaired) electrons. The van der Waals surface area contributed by atoms with Crippen molar-refractivity contribution in [3.05, 3.63) is 94.5 Å². The lowest BCUT2D eigenvalue weighted by molar-refractivity contribution is 0.0939. The first-order valence-corrected chi connectivity index (χ1v) is 9.97. The zero-order valence-electron chi connectivity index (χ0n) is 17.1. The molecule has 0 aliphatic heterocycles. The first-order chi connectivity index (χ1) is 14.3. The van der Waals surface area contributed by atoms with E-state index in [1.165, 1.54) is 0 Å². The standard InChI is InChI=1S/C24H24ClN3O2/c1-16(17-7-5-4-6-8-17)26-24(30)21-15-20(13-14-22(21)28(2)3)27-23(29)18-9-11-19(25)12-10-18/h4-16H,1-3H3,(H,26,30)(H,27,29). The number of carbonyl (C=O) groups is 2. The van der Waals surface area contributed by atoms with Crippen LogP contribution in [-0.4, -0.2) is 25.9 Å². The van der Waals surface area contributed by atoms with Gasteiger partial charge in [-0.05, 0) is 55.0 Å². The van der Waals surface area contributed by atoms with Crippen LogP contribution in [0, 0.1) is 0 Å². The van der Waals surface area contributed by atoms with Crippen LogP contribution in [0.4, 0.5) is 11.4 Å². The van der Waals surface area contributed by atoms with Crippen LogP contribution in [0.15, 0.2) is 72.8 Å². The highest BCUT2D eigenvalue weighted by Crippen LogP contribution is 2.25. The minimum atomic E-state index is -0.270. The molecule has 0 saturated heterocycles. The van der Waals surface area contributed by atoms with E-state index in [0.717, 1.165) is 11.3 Å². The van der Waals surface area contributed by atoms with E-state index in [9.17, 15) is 9.59 Å². The van der Waals surface area contributed by atoms with Gasteiger partial charge in [0.2, 0.25) is 0 Å². The Balaban J connectivity index is 1.82. The predicted octanol–water partition coefficient (Wildman–Crippen LogP) is 5.15. The first kappa shape index (κ1) is 21.4. The summed E-state index contributed by atoms with van der Waals surface area (Å²) in [5, 5.41) is 6.44. The van der Waals surface area contributed by atoms with Crippen molar-refractivity contribution in [2.24, 2.45) is 0 Å². The Bertz CT molecular complexity index is 1030. The van der Waals surface area contributed by atoms with Gasteiger partial charge in [0.1, 0.15) is 0 Å². The molecule has 0 aliphatic carbocycles. The van der Waals surface area contributed by atoms with Crippen LogP contribution >= 0.6 is 11.6 Å². The van der Waals surface area contributed by atoms with Gasteiger partial charge in [-0.3, -0.25) is 9.59 Å². The fraction of sp³-hybridized carbons (Fsp3) is 0.167. The number of hydrogen-bond acceptors (Lipinski definition) is 3. The number of nitrogens with zero attached hydrogens (tertiary/aromatic N) is 1. The fourth-order valence-electron chi connectivity index (χ4n) is 3.09. The Morgan fingerprint density at radius 1 is 0.900 bits per heavy atom. The van der Waals surface area contributed by atoms with Crippen molar-refractivity contribution in [1.82, 2.24) is 5.32 Å². The van der Waals surface area contributed by atoms with Gasteiger partial charge >= 0.3 is 0 Å². The number of rotatable bonds is 6. The number of amides is 2. The maximum Gasteiger partial charge on any atom is 0.255 e. The van der Waals surface area contributed by atoms with E-state index in [-0.39, 0.29) is 17.9 Å². The highest BCUT2D eigenvalue weighted by molar-refractivity contribution is 6.30. The molecule has 154 valence electrons. The van der Waals surface area contributed by atoms with E-state index in [4.69, 9.17) is 11.6 Å². The topological polar surface area (TPSA) is 61.4 Å². The molecule has 0 bridgehead atoms. The van der Waals surface area contributed by atoms with Crippen LogP contribution in [0.2, 0.25) is 5.02 Å². The van der Waals surface area contributed by atoms with Crippen molar-refractivity contribution in [1.29, 1.82) is 0 Å². The van der Waals surface area contributed by atoms with Gasteiger partial charge in [-0.25, -0.2) is 0 Å². The van der Waals surface area contributed by atoms with Crippen molar-refractivity contribution in [3.63, 3.8) is 0 Å². The molecular weight excluding hydrogens is 398 g/mol. The van der Waals surface area contributed by atoms with Gasteiger partial charge in [0.25, 0.3) is 11.8 Å². The third kappa shape index (κ3) is 5.19. The van der Waals surface area contributed by atoms with Gasteiger partial charge < -0.3 is 15.5 Å². The normalized spacial score (nSPS) is 11.5. The van der Waals surface area contributed by atoms with Gasteiger partial charge in [-0.2, -0.15) is 0 Å². The van der Waals surface area contributed by atoms with Crippen molar-refractivity contribution in [2.75, 3.05) is 24.3 Å². The lowest BCUT2D eigenvalue weighted by Crippen LogP contribution is -2.28. The summed E-state index contributed by atoms with van der Waals surface area (Å²) in [6.45, 7) is 1.94. The number of benzene rings is 3. The van der Waals surface area contributed by atoms with E-state index >= 15 is 0 Å². The molecule has 1 atom stereocenters. The van der Waals surface area contributed by atoms with Crippen molar-refractivity contribution in [3.8, 4) is 0 Å². The average Bonchev–Trinajstić information content (AvgIpc) is 2.74. The summed E-state index contributed by atoms with van der Waals surface area (Å²) in [6.07, 6.45) is 0. The summed E-state index contributed by atoms with van der Waals surface area (Å²) in [7, 11) is 3.75. The lowest BCUT2D eigenvalue weighted by atomic mass is 10.1. The summed E-state index contributed by atoms with van der Waals surface area (Å²) in [5.41, 5.74) is 3.29. The van der Waals surface area contributed by atoms with Crippen molar-refractivity contribution < 1.29 is 9.59 Å². The summed E-state index contributed by atoms with van der Waals surface area (Å²) in [4.78, 5) is 27.4. The molecule has 2 N–H and O–H groups in total. The Morgan fingerprint density at radius 3 is 2.20 bits per heavy atom. The van der Waals surface area contributed by atoms with Crippen LogP contribution in [-0.2, 0) is 0 Å². The van der Waals surface area contributed by atoms with E-state index in [1.807, 2.05) is 62.3 Å². The minimum absolute atomic E-state index is 0.152. The quantitative estimate of drug-likeness (QED) is 0.578. The van der Waals surface area contributed by atoms with Crippen LogP contribution < -0.4 is 15.5 Å². The molecule has 2 amide bonds. The van der Waals surface area contributed by atoms with E-state index < -0.39 is 0 Å². The van der Waals surface area contributed by atoms with Gasteiger partial charge in [0, 0.05) is 36.1 Å². The van der Waals surface area contributed by atoms with Crippen molar-refractivity contribution in [2.45, 2.75) is 13.0 Å². The molecular formula is C24H24ClN3O2. The molecule has 0 saturated carbocycles. The number of hydrogen-bond donors (Lipinski definition) is 2. The Labute approximate surface area is 181 Å². The van der Waals surface area contributed by atoms with E-state index in [0.29, 0.717) is 21.8 Å². The molecule has 3 aromatic rings. The molecule has 5 nitrogen and oxygen atoms in total. The summed E-state index contributed by atoms with van der Waals surface area (Å²) >= 11 is 5.88. The number of nitrogens with one attached hydrogen (secondary N) is 2. The minimum Gasteiger partial charge on any atom is -0.377 e. The second-order valence-electron chi connectivity index (χ2n) is 7.19. The number of anilines is 2. The molecule has 30 heavy (non-hydrogen) atoms. The van der Waals surface area contributed by atoms with Crippen molar-refractivity contribution >= 4 is 34.8 Å². The summed E-state index contributed by atoms with van der Waals surface area (Å²) in [6, 6.07) is 21.5. The molecule has 3 rings (SSSR count). The lowest BCUT2D eigenvalue weighted by Gasteiger charge is -2.20. The van der Waals surface area contributed by atoms with Gasteiger partial charge in [-0.15, -0.1) is 0 Å². The van der Waals surface area contributed by atoms with Crippen LogP contribution in [0.1, 0.15) is 39.2 Å². The zero-order chi connectivity index (χ0) is 21.7. The Morgan fingerprint density at radius 2 is 1.57 bits per heavy atom. The predicted molar refractivity (Wildman–Crippen MR) is 122 cm³/mol. The summed E-state index contributed by atoms with van der Waals surface area (Å²) in [5.74, 6) is -0.481. The van der Waals surface area contributed by atoms with Crippen LogP contribution in [0.25, 0.3) is 0 Å². The second kappa shape index (κ2) is 9.46. The molecule has 1 unspecified atom stereocenters. The molecule has 0 aliphatic rings. The van der Waals surface area contributed by atoms with Crippen LogP contribution in [0.5, 0.6) is 0 Å². The zero-order valence-corrected chi connectivity index (χ0v) is 17.9. The van der Waals surface area contributed by atoms with Gasteiger partial charge in [0.15, 0.2) is 0 Å². The largest absolute Gasteiger partial charge is 0.377 e. The van der Waals surface area contributed by atoms with Gasteiger partial charge in [0.05, 0.1) is 11.6 Å². The molecule has 6 heteroatoms. The fourth-order valence-corrected chi connectivity index (χ4v) is 3.22. The smallest absolute Gasteiger partial charge is 0.255 e. The number of halogens is 1. The molecule has 0 aromatic heterocycles. The average molecular weight is 422 g/mol. The SMILES string of the molecule is CC(NC(=O)c1cc(NC(=O)c2ccc(Cl)cc2)ccc1N(C)C)c1ccccc1. The highest BCUT2D eigenvalue weighted by Gasteiger charge is 2.17. The third-order valence-electron chi connectivity index (χ3n) is 4.73. The Hall–Kier alpha value is -3.31. The monoisotopic (exact) mass is 421 g/mol. The van der Waals surface area contributed by atoms with E-state index in [1.54, 1.807) is 36.4 Å². The maximum absolute atomic E-state index is 13.0. The molecule has 0 fully saturated rings. The van der Waals surface area contributed by atoms with Gasteiger partial charge in [-0.1, -0.05) is 41.9 Å². The maximum atomic E-state index is 13.0. The molecule has 3 aromatic carbocycles. The summed E-state index contributed by atoms with van der Waals surface area (Å²) < 4.78 is 0. The molecule has 0 spiro atoms. The second-order valence-corrected chi connectivity index (χ2v) is 7.63. The number of carbonyl (C=O) groups excluding carboxylic acids is 2. The van der Waals surface area contributed by atoms with E-state index in [2.05, 4.69) is 10.6 Å². The third-order valence-corrected chi connectivity index (χ3v) is 4.99. The first-order valence-electron chi connectivity index (χ1n) is 9.59. The molecule has 0 heterocycles. The van der Waals surface area contributed by atoms with Crippen LogP contribution in [0.3, 0.4) is 0 Å². The highest BCUT2D eigenvalue weighted by atomic mass is 35.5.